The maximum absolute atomic E-state index is 13.8. The molecule has 3 aromatic rings. The Kier molecular flexibility index (Phi) is 4.26. The Bertz CT molecular complexity index is 1080. The summed E-state index contributed by atoms with van der Waals surface area (Å²) in [5, 5.41) is 3.66. The van der Waals surface area contributed by atoms with E-state index in [1.165, 1.54) is 0 Å². The summed E-state index contributed by atoms with van der Waals surface area (Å²) < 4.78 is 67.9. The minimum Gasteiger partial charge on any atom is -0.403 e. The predicted molar refractivity (Wildman–Crippen MR) is 78.0 cm³/mol. The topological polar surface area (TPSA) is 92.8 Å². The first kappa shape index (κ1) is 17.6. The van der Waals surface area contributed by atoms with E-state index in [1.54, 1.807) is 0 Å². The Hall–Kier alpha value is -3.18. The van der Waals surface area contributed by atoms with Crippen LogP contribution in [-0.4, -0.2) is 26.1 Å². The van der Waals surface area contributed by atoms with Crippen LogP contribution in [0.15, 0.2) is 27.8 Å². The molecule has 0 saturated carbocycles. The maximum Gasteiger partial charge on any atom is 0.573 e. The number of rotatable bonds is 4. The highest BCUT2D eigenvalue weighted by molar-refractivity contribution is 5.76. The van der Waals surface area contributed by atoms with Crippen LogP contribution in [0.4, 0.5) is 22.0 Å². The zero-order valence-electron chi connectivity index (χ0n) is 12.7. The number of aromatic nitrogens is 4. The van der Waals surface area contributed by atoms with Gasteiger partial charge in [0.05, 0.1) is 6.54 Å². The summed E-state index contributed by atoms with van der Waals surface area (Å²) in [5.74, 6) is -2.28. The maximum atomic E-state index is 13.8. The summed E-state index contributed by atoms with van der Waals surface area (Å²) in [7, 11) is 0. The molecule has 0 aliphatic carbocycles. The van der Waals surface area contributed by atoms with Crippen molar-refractivity contribution in [3.05, 3.63) is 56.1 Å². The highest BCUT2D eigenvalue weighted by atomic mass is 19.4. The van der Waals surface area contributed by atoms with Gasteiger partial charge in [-0.3, -0.25) is 14.8 Å². The molecule has 26 heavy (non-hydrogen) atoms. The summed E-state index contributed by atoms with van der Waals surface area (Å²) in [4.78, 5) is 27.4. The van der Waals surface area contributed by atoms with Gasteiger partial charge in [0.15, 0.2) is 11.6 Å². The van der Waals surface area contributed by atoms with E-state index in [9.17, 15) is 31.5 Å². The minimum absolute atomic E-state index is 0.0950. The Balaban J connectivity index is 2.01. The third kappa shape index (κ3) is 3.43. The lowest BCUT2D eigenvalue weighted by atomic mass is 10.2. The molecule has 1 aromatic carbocycles. The molecule has 138 valence electrons. The normalized spacial score (nSPS) is 11.9. The third-order valence-corrected chi connectivity index (χ3v) is 3.39. The first-order valence-corrected chi connectivity index (χ1v) is 7.00. The molecule has 2 aromatic heterocycles. The zero-order valence-corrected chi connectivity index (χ0v) is 12.7. The zero-order chi connectivity index (χ0) is 19.1. The molecule has 3 rings (SSSR count). The molecule has 0 fully saturated rings. The molecule has 0 unspecified atom stereocenters. The van der Waals surface area contributed by atoms with Crippen LogP contribution < -0.4 is 16.0 Å². The van der Waals surface area contributed by atoms with Crippen LogP contribution in [0.3, 0.4) is 0 Å². The lowest BCUT2D eigenvalue weighted by molar-refractivity contribution is -0.275. The first-order chi connectivity index (χ1) is 12.2. The van der Waals surface area contributed by atoms with Crippen LogP contribution in [0.5, 0.6) is 5.75 Å². The van der Waals surface area contributed by atoms with Crippen LogP contribution in [0.1, 0.15) is 11.3 Å². The lowest BCUT2D eigenvalue weighted by Crippen LogP contribution is -2.22. The summed E-state index contributed by atoms with van der Waals surface area (Å²) >= 11 is 0. The number of benzene rings is 1. The van der Waals surface area contributed by atoms with Gasteiger partial charge in [0, 0.05) is 0 Å². The molecule has 0 radical (unpaired) electrons. The van der Waals surface area contributed by atoms with Crippen molar-refractivity contribution in [2.45, 2.75) is 19.6 Å². The van der Waals surface area contributed by atoms with Crippen molar-refractivity contribution < 1.29 is 26.7 Å². The molecule has 12 heteroatoms. The number of nitrogens with one attached hydrogen (secondary N) is 2. The lowest BCUT2D eigenvalue weighted by Gasteiger charge is -2.10. The number of nitrogens with zero attached hydrogens (tertiary/aromatic N) is 2. The number of ether oxygens (including phenoxy) is 1. The average molecular weight is 376 g/mol. The fourth-order valence-electron chi connectivity index (χ4n) is 2.41. The van der Waals surface area contributed by atoms with Gasteiger partial charge < -0.3 is 4.74 Å². The number of hydrogen-bond donors (Lipinski definition) is 2. The number of fused-ring (bicyclic) bond motifs is 1. The first-order valence-electron chi connectivity index (χ1n) is 7.00. The SMILES string of the molecule is O=c1[nH]c(=O)c2c(CF)nn(Cc3ccc(OC(F)(F)F)c(F)c3)c2[nH]1. The second-order valence-corrected chi connectivity index (χ2v) is 5.18. The van der Waals surface area contributed by atoms with Crippen molar-refractivity contribution in [3.63, 3.8) is 0 Å². The second kappa shape index (κ2) is 6.28. The van der Waals surface area contributed by atoms with Gasteiger partial charge in [-0.1, -0.05) is 6.07 Å². The van der Waals surface area contributed by atoms with E-state index in [-0.39, 0.29) is 28.8 Å². The Labute approximate surface area is 140 Å². The van der Waals surface area contributed by atoms with Crippen LogP contribution in [-0.2, 0) is 13.2 Å². The average Bonchev–Trinajstić information content (AvgIpc) is 2.87. The van der Waals surface area contributed by atoms with Gasteiger partial charge in [0.2, 0.25) is 0 Å². The van der Waals surface area contributed by atoms with Crippen molar-refractivity contribution in [1.82, 2.24) is 19.7 Å². The molecule has 0 aliphatic heterocycles. The molecule has 2 N–H and O–H groups in total. The van der Waals surface area contributed by atoms with Gasteiger partial charge in [-0.25, -0.2) is 18.3 Å². The molecular weight excluding hydrogens is 367 g/mol. The summed E-state index contributed by atoms with van der Waals surface area (Å²) in [6.45, 7) is -1.33. The fraction of sp³-hybridized carbons (Fsp3) is 0.214. The number of H-pyrrole nitrogens is 2. The molecule has 7 nitrogen and oxygen atoms in total. The molecule has 2 heterocycles. The smallest absolute Gasteiger partial charge is 0.403 e. The number of halogens is 5. The van der Waals surface area contributed by atoms with E-state index in [0.717, 1.165) is 22.9 Å². The molecule has 0 amide bonds. The number of hydrogen-bond acceptors (Lipinski definition) is 4. The minimum atomic E-state index is -5.04. The van der Waals surface area contributed by atoms with Gasteiger partial charge in [0.25, 0.3) is 5.56 Å². The molecule has 0 aliphatic rings. The molecule has 0 spiro atoms. The second-order valence-electron chi connectivity index (χ2n) is 5.18. The van der Waals surface area contributed by atoms with Crippen molar-refractivity contribution in [1.29, 1.82) is 0 Å². The van der Waals surface area contributed by atoms with Crippen LogP contribution >= 0.6 is 0 Å². The van der Waals surface area contributed by atoms with Gasteiger partial charge in [-0.05, 0) is 17.7 Å². The van der Waals surface area contributed by atoms with Gasteiger partial charge >= 0.3 is 12.1 Å². The number of aromatic amines is 2. The van der Waals surface area contributed by atoms with Gasteiger partial charge in [-0.15, -0.1) is 13.2 Å². The summed E-state index contributed by atoms with van der Waals surface area (Å²) in [6, 6.07) is 2.68. The van der Waals surface area contributed by atoms with Crippen molar-refractivity contribution >= 4 is 11.0 Å². The highest BCUT2D eigenvalue weighted by Gasteiger charge is 2.32. The van der Waals surface area contributed by atoms with Gasteiger partial charge in [-0.2, -0.15) is 5.10 Å². The van der Waals surface area contributed by atoms with E-state index in [0.29, 0.717) is 0 Å². The van der Waals surface area contributed by atoms with Crippen molar-refractivity contribution in [2.24, 2.45) is 0 Å². The van der Waals surface area contributed by atoms with E-state index >= 15 is 0 Å². The Morgan fingerprint density at radius 3 is 2.54 bits per heavy atom. The largest absolute Gasteiger partial charge is 0.573 e. The molecule has 0 atom stereocenters. The summed E-state index contributed by atoms with van der Waals surface area (Å²) in [6.07, 6.45) is -5.04. The van der Waals surface area contributed by atoms with Crippen LogP contribution in [0.25, 0.3) is 11.0 Å². The Morgan fingerprint density at radius 1 is 1.19 bits per heavy atom. The standard InChI is InChI=1S/C14H9F5N4O3/c15-4-8-10-11(20-13(25)21-12(10)24)23(22-8)5-6-1-2-9(7(16)3-6)26-14(17,18)19/h1-3H,4-5H2,(H2,20,21,24,25). The summed E-state index contributed by atoms with van der Waals surface area (Å²) in [5.41, 5.74) is -1.89. The third-order valence-electron chi connectivity index (χ3n) is 3.39. The fourth-order valence-corrected chi connectivity index (χ4v) is 2.41. The van der Waals surface area contributed by atoms with E-state index < -0.39 is 35.9 Å². The van der Waals surface area contributed by atoms with Crippen molar-refractivity contribution in [3.8, 4) is 5.75 Å². The quantitative estimate of drug-likeness (QED) is 0.681. The number of alkyl halides is 4. The Morgan fingerprint density at radius 2 is 1.92 bits per heavy atom. The van der Waals surface area contributed by atoms with E-state index in [4.69, 9.17) is 0 Å². The van der Waals surface area contributed by atoms with E-state index in [1.807, 2.05) is 4.98 Å². The molecule has 0 bridgehead atoms. The molecule has 0 saturated heterocycles. The molecular formula is C14H9F5N4O3. The predicted octanol–water partition coefficient (Wildman–Crippen LogP) is 1.97. The van der Waals surface area contributed by atoms with Crippen LogP contribution in [0, 0.1) is 5.82 Å². The van der Waals surface area contributed by atoms with Gasteiger partial charge in [0.1, 0.15) is 23.4 Å². The van der Waals surface area contributed by atoms with Crippen LogP contribution in [0.2, 0.25) is 0 Å². The highest BCUT2D eigenvalue weighted by Crippen LogP contribution is 2.26. The monoisotopic (exact) mass is 376 g/mol. The van der Waals surface area contributed by atoms with E-state index in [2.05, 4.69) is 14.8 Å². The van der Waals surface area contributed by atoms with Crippen molar-refractivity contribution in [2.75, 3.05) is 0 Å².